The van der Waals surface area contributed by atoms with Crippen molar-refractivity contribution in [3.05, 3.63) is 34.9 Å². The lowest BCUT2D eigenvalue weighted by atomic mass is 9.98. The van der Waals surface area contributed by atoms with E-state index in [1.54, 1.807) is 5.56 Å². The Labute approximate surface area is 115 Å². The van der Waals surface area contributed by atoms with Crippen LogP contribution in [0.3, 0.4) is 0 Å². The first kappa shape index (κ1) is 19.5. The van der Waals surface area contributed by atoms with Gasteiger partial charge in [0.2, 0.25) is 0 Å². The zero-order valence-corrected chi connectivity index (χ0v) is 13.8. The Morgan fingerprint density at radius 3 is 2.00 bits per heavy atom. The zero-order chi connectivity index (χ0) is 14.6. The van der Waals surface area contributed by atoms with Crippen LogP contribution in [-0.4, -0.2) is 18.5 Å². The Bertz CT molecular complexity index is 292. The molecule has 0 aromatic heterocycles. The molecule has 0 radical (unpaired) electrons. The van der Waals surface area contributed by atoms with Crippen molar-refractivity contribution in [3.63, 3.8) is 0 Å². The topological polar surface area (TPSA) is 3.24 Å². The quantitative estimate of drug-likeness (QED) is 0.623. The van der Waals surface area contributed by atoms with Crippen LogP contribution in [0.15, 0.2) is 18.2 Å². The highest BCUT2D eigenvalue weighted by Crippen LogP contribution is 2.18. The molecular formula is C17H33N. The van der Waals surface area contributed by atoms with Crippen molar-refractivity contribution >= 4 is 0 Å². The predicted molar refractivity (Wildman–Crippen MR) is 85.3 cm³/mol. The minimum absolute atomic E-state index is 1.12. The standard InChI is InChI=1S/C11H15N.3C2H6/c1-9-3-4-11-8-12(2)6-5-10(11)7-9;3*1-2/h3-4,7H,5-6,8H2,1-2H3;3*1-2H3. The van der Waals surface area contributed by atoms with Crippen LogP contribution in [0.25, 0.3) is 0 Å². The van der Waals surface area contributed by atoms with Crippen LogP contribution < -0.4 is 0 Å². The largest absolute Gasteiger partial charge is 0.302 e. The average Bonchev–Trinajstić information content (AvgIpc) is 2.46. The molecule has 0 saturated heterocycles. The third-order valence-electron chi connectivity index (χ3n) is 2.56. The van der Waals surface area contributed by atoms with Gasteiger partial charge in [0.05, 0.1) is 0 Å². The molecule has 0 aliphatic carbocycles. The highest BCUT2D eigenvalue weighted by atomic mass is 15.1. The summed E-state index contributed by atoms with van der Waals surface area (Å²) in [6.07, 6.45) is 1.22. The van der Waals surface area contributed by atoms with E-state index in [2.05, 4.69) is 37.1 Å². The summed E-state index contributed by atoms with van der Waals surface area (Å²) in [6, 6.07) is 6.79. The smallest absolute Gasteiger partial charge is 0.0233 e. The van der Waals surface area contributed by atoms with Gasteiger partial charge in [-0.3, -0.25) is 0 Å². The van der Waals surface area contributed by atoms with Crippen LogP contribution in [0.5, 0.6) is 0 Å². The van der Waals surface area contributed by atoms with Crippen molar-refractivity contribution in [2.24, 2.45) is 0 Å². The lowest BCUT2D eigenvalue weighted by Crippen LogP contribution is -2.26. The van der Waals surface area contributed by atoms with Crippen molar-refractivity contribution in [2.45, 2.75) is 61.4 Å². The molecule has 0 atom stereocenters. The molecule has 1 aromatic rings. The van der Waals surface area contributed by atoms with Gasteiger partial charge >= 0.3 is 0 Å². The maximum absolute atomic E-state index is 2.37. The van der Waals surface area contributed by atoms with Gasteiger partial charge in [-0.15, -0.1) is 0 Å². The van der Waals surface area contributed by atoms with Gasteiger partial charge < -0.3 is 4.90 Å². The molecular weight excluding hydrogens is 218 g/mol. The SMILES string of the molecule is CC.CC.CC.Cc1ccc2c(c1)CCN(C)C2. The van der Waals surface area contributed by atoms with Crippen LogP contribution in [-0.2, 0) is 13.0 Å². The molecule has 106 valence electrons. The maximum atomic E-state index is 2.37. The summed E-state index contributed by atoms with van der Waals surface area (Å²) >= 11 is 0. The highest BCUT2D eigenvalue weighted by Gasteiger charge is 2.11. The first-order chi connectivity index (χ1) is 8.75. The number of nitrogens with zero attached hydrogens (tertiary/aromatic N) is 1. The van der Waals surface area contributed by atoms with Gasteiger partial charge in [0, 0.05) is 13.1 Å². The predicted octanol–water partition coefficient (Wildman–Crippen LogP) is 5.06. The third-order valence-corrected chi connectivity index (χ3v) is 2.56. The molecule has 1 aliphatic rings. The molecule has 0 fully saturated rings. The molecule has 0 unspecified atom stereocenters. The van der Waals surface area contributed by atoms with Gasteiger partial charge in [0.1, 0.15) is 0 Å². The Kier molecular flexibility index (Phi) is 13.7. The fraction of sp³-hybridized carbons (Fsp3) is 0.647. The van der Waals surface area contributed by atoms with Gasteiger partial charge in [-0.05, 0) is 31.5 Å². The molecule has 0 bridgehead atoms. The molecule has 1 heterocycles. The number of likely N-dealkylation sites (N-methyl/N-ethyl adjacent to an activating group) is 1. The lowest BCUT2D eigenvalue weighted by molar-refractivity contribution is 0.313. The molecule has 0 N–H and O–H groups in total. The van der Waals surface area contributed by atoms with Gasteiger partial charge in [-0.2, -0.15) is 0 Å². The van der Waals surface area contributed by atoms with Crippen LogP contribution in [0, 0.1) is 6.92 Å². The average molecular weight is 251 g/mol. The fourth-order valence-corrected chi connectivity index (χ4v) is 1.82. The van der Waals surface area contributed by atoms with E-state index in [9.17, 15) is 0 Å². The van der Waals surface area contributed by atoms with E-state index in [-0.39, 0.29) is 0 Å². The van der Waals surface area contributed by atoms with E-state index in [1.807, 2.05) is 41.5 Å². The second-order valence-corrected chi connectivity index (χ2v) is 3.76. The minimum atomic E-state index is 1.12. The second-order valence-electron chi connectivity index (χ2n) is 3.76. The number of hydrogen-bond donors (Lipinski definition) is 0. The van der Waals surface area contributed by atoms with Crippen molar-refractivity contribution in [1.82, 2.24) is 4.90 Å². The molecule has 1 nitrogen and oxygen atoms in total. The number of benzene rings is 1. The third kappa shape index (κ3) is 6.80. The number of aryl methyl sites for hydroxylation is 1. The van der Waals surface area contributed by atoms with Gasteiger partial charge in [-0.1, -0.05) is 65.3 Å². The minimum Gasteiger partial charge on any atom is -0.302 e. The van der Waals surface area contributed by atoms with E-state index in [0.717, 1.165) is 6.54 Å². The normalized spacial score (nSPS) is 12.7. The summed E-state index contributed by atoms with van der Waals surface area (Å²) in [5.41, 5.74) is 4.45. The van der Waals surface area contributed by atoms with Crippen molar-refractivity contribution in [3.8, 4) is 0 Å². The Morgan fingerprint density at radius 1 is 0.889 bits per heavy atom. The Hall–Kier alpha value is -0.820. The van der Waals surface area contributed by atoms with Crippen molar-refractivity contribution in [1.29, 1.82) is 0 Å². The number of rotatable bonds is 0. The second kappa shape index (κ2) is 12.6. The van der Waals surface area contributed by atoms with Gasteiger partial charge in [0.25, 0.3) is 0 Å². The number of fused-ring (bicyclic) bond motifs is 1. The Morgan fingerprint density at radius 2 is 1.44 bits per heavy atom. The van der Waals surface area contributed by atoms with Gasteiger partial charge in [0.15, 0.2) is 0 Å². The van der Waals surface area contributed by atoms with Crippen LogP contribution in [0.1, 0.15) is 58.2 Å². The van der Waals surface area contributed by atoms with E-state index in [0.29, 0.717) is 0 Å². The van der Waals surface area contributed by atoms with Crippen LogP contribution >= 0.6 is 0 Å². The van der Waals surface area contributed by atoms with Crippen molar-refractivity contribution < 1.29 is 0 Å². The maximum Gasteiger partial charge on any atom is 0.0233 e. The molecule has 18 heavy (non-hydrogen) atoms. The van der Waals surface area contributed by atoms with Crippen molar-refractivity contribution in [2.75, 3.05) is 13.6 Å². The molecule has 1 aliphatic heterocycles. The highest BCUT2D eigenvalue weighted by molar-refractivity contribution is 5.33. The van der Waals surface area contributed by atoms with E-state index < -0.39 is 0 Å². The lowest BCUT2D eigenvalue weighted by Gasteiger charge is -2.24. The summed E-state index contributed by atoms with van der Waals surface area (Å²) in [5, 5.41) is 0. The summed E-state index contributed by atoms with van der Waals surface area (Å²) in [7, 11) is 2.18. The van der Waals surface area contributed by atoms with Crippen LogP contribution in [0.2, 0.25) is 0 Å². The summed E-state index contributed by atoms with van der Waals surface area (Å²) < 4.78 is 0. The van der Waals surface area contributed by atoms with E-state index in [1.165, 1.54) is 24.1 Å². The molecule has 0 spiro atoms. The first-order valence-corrected chi connectivity index (χ1v) is 7.52. The van der Waals surface area contributed by atoms with Crippen LogP contribution in [0.4, 0.5) is 0 Å². The molecule has 0 saturated carbocycles. The summed E-state index contributed by atoms with van der Waals surface area (Å²) in [5.74, 6) is 0. The van der Waals surface area contributed by atoms with Gasteiger partial charge in [-0.25, -0.2) is 0 Å². The number of hydrogen-bond acceptors (Lipinski definition) is 1. The molecule has 1 heteroatoms. The molecule has 1 aromatic carbocycles. The monoisotopic (exact) mass is 251 g/mol. The first-order valence-electron chi connectivity index (χ1n) is 7.52. The van der Waals surface area contributed by atoms with E-state index >= 15 is 0 Å². The molecule has 2 rings (SSSR count). The fourth-order valence-electron chi connectivity index (χ4n) is 1.82. The summed E-state index contributed by atoms with van der Waals surface area (Å²) in [6.45, 7) is 16.5. The Balaban J connectivity index is 0. The molecule has 0 amide bonds. The van der Waals surface area contributed by atoms with E-state index in [4.69, 9.17) is 0 Å². The summed E-state index contributed by atoms with van der Waals surface area (Å²) in [4.78, 5) is 2.37. The zero-order valence-electron chi connectivity index (χ0n) is 13.8.